The third-order valence-electron chi connectivity index (χ3n) is 17.7. The molecule has 558 valence electrons. The summed E-state index contributed by atoms with van der Waals surface area (Å²) < 4.78 is 68.4. The van der Waals surface area contributed by atoms with E-state index in [4.69, 9.17) is 37.0 Å². The van der Waals surface area contributed by atoms with Gasteiger partial charge in [-0.3, -0.25) is 37.3 Å². The minimum atomic E-state index is -4.96. The van der Waals surface area contributed by atoms with Gasteiger partial charge in [-0.1, -0.05) is 325 Å². The van der Waals surface area contributed by atoms with Gasteiger partial charge in [-0.05, 0) is 49.4 Å². The van der Waals surface area contributed by atoms with Crippen LogP contribution in [0.4, 0.5) is 0 Å². The second-order valence-corrected chi connectivity index (χ2v) is 31.6. The lowest BCUT2D eigenvalue weighted by Gasteiger charge is -2.21. The lowest BCUT2D eigenvalue weighted by molar-refractivity contribution is -0.161. The second kappa shape index (κ2) is 64.4. The smallest absolute Gasteiger partial charge is 0.462 e. The summed E-state index contributed by atoms with van der Waals surface area (Å²) in [6.07, 6.45) is 48.9. The zero-order valence-electron chi connectivity index (χ0n) is 61.6. The lowest BCUT2D eigenvalue weighted by atomic mass is 9.99. The van der Waals surface area contributed by atoms with E-state index in [0.29, 0.717) is 31.6 Å². The van der Waals surface area contributed by atoms with Crippen LogP contribution in [-0.2, 0) is 65.4 Å². The molecular formula is C75H146O17P2. The summed E-state index contributed by atoms with van der Waals surface area (Å²) in [6, 6.07) is 0. The highest BCUT2D eigenvalue weighted by Gasteiger charge is 2.30. The average molecular weight is 1380 g/mol. The molecule has 0 rings (SSSR count). The quantitative estimate of drug-likeness (QED) is 0.0222. The van der Waals surface area contributed by atoms with Crippen LogP contribution in [0, 0.1) is 23.7 Å². The van der Waals surface area contributed by atoms with Gasteiger partial charge in [0.05, 0.1) is 26.4 Å². The van der Waals surface area contributed by atoms with E-state index in [2.05, 4.69) is 55.4 Å². The first-order valence-electron chi connectivity index (χ1n) is 38.7. The highest BCUT2D eigenvalue weighted by molar-refractivity contribution is 7.47. The van der Waals surface area contributed by atoms with Crippen LogP contribution in [0.5, 0.6) is 0 Å². The topological polar surface area (TPSA) is 237 Å². The van der Waals surface area contributed by atoms with Gasteiger partial charge in [0.25, 0.3) is 0 Å². The second-order valence-electron chi connectivity index (χ2n) is 28.7. The van der Waals surface area contributed by atoms with Crippen molar-refractivity contribution in [1.82, 2.24) is 0 Å². The monoisotopic (exact) mass is 1380 g/mol. The van der Waals surface area contributed by atoms with Crippen molar-refractivity contribution < 1.29 is 80.2 Å². The standard InChI is InChI=1S/C75H146O17P2/c1-9-68(8)54-46-38-29-25-26-32-42-50-58-75(80)92-70(61-85-72(77)55-47-39-30-23-19-17-15-13-11-10-12-14-16-18-21-27-35-43-51-65(2)3)63-89-93(81,82)87-59-69(76)60-88-94(83,84)90-64-71(62-86-73(78)56-48-40-34-33-37-45-53-67(6)7)91-74(79)57-49-41-31-24-20-22-28-36-44-52-66(4)5/h65-71,76H,9-64H2,1-8H3,(H,81,82)(H,83,84)/t68?,69-,70-,71-/m1/s1. The highest BCUT2D eigenvalue weighted by atomic mass is 31.2. The van der Waals surface area contributed by atoms with Gasteiger partial charge in [0.15, 0.2) is 12.2 Å². The molecule has 0 aliphatic carbocycles. The first kappa shape index (κ1) is 92.1. The van der Waals surface area contributed by atoms with Crippen LogP contribution in [0.25, 0.3) is 0 Å². The number of hydrogen-bond donors (Lipinski definition) is 3. The van der Waals surface area contributed by atoms with Crippen molar-refractivity contribution in [3.63, 3.8) is 0 Å². The van der Waals surface area contributed by atoms with E-state index in [1.807, 2.05) is 0 Å². The molecule has 94 heavy (non-hydrogen) atoms. The molecule has 0 saturated heterocycles. The van der Waals surface area contributed by atoms with E-state index in [9.17, 15) is 43.2 Å². The van der Waals surface area contributed by atoms with Gasteiger partial charge < -0.3 is 33.8 Å². The van der Waals surface area contributed by atoms with Crippen molar-refractivity contribution in [3.05, 3.63) is 0 Å². The zero-order valence-corrected chi connectivity index (χ0v) is 63.4. The molecule has 0 aromatic rings. The van der Waals surface area contributed by atoms with Crippen molar-refractivity contribution in [2.24, 2.45) is 23.7 Å². The summed E-state index contributed by atoms with van der Waals surface area (Å²) in [4.78, 5) is 72.7. The van der Waals surface area contributed by atoms with Gasteiger partial charge in [-0.25, -0.2) is 9.13 Å². The normalized spacial score (nSPS) is 14.4. The SMILES string of the molecule is CCC(C)CCCCCCCCCCC(=O)O[C@H](COC(=O)CCCCCCCCCCCCCCCCCCCCC(C)C)COP(=O)(O)OC[C@@H](O)COP(=O)(O)OC[C@@H](COC(=O)CCCCCCCCC(C)C)OC(=O)CCCCCCCCCCCC(C)C. The third kappa shape index (κ3) is 67.3. The van der Waals surface area contributed by atoms with Crippen LogP contribution in [0.15, 0.2) is 0 Å². The molecule has 0 aliphatic rings. The van der Waals surface area contributed by atoms with Gasteiger partial charge in [0.2, 0.25) is 0 Å². The fourth-order valence-electron chi connectivity index (χ4n) is 11.3. The van der Waals surface area contributed by atoms with Gasteiger partial charge in [0.1, 0.15) is 19.3 Å². The van der Waals surface area contributed by atoms with E-state index in [1.165, 1.54) is 173 Å². The Morgan fingerprint density at radius 1 is 0.298 bits per heavy atom. The molecule has 3 unspecified atom stereocenters. The summed E-state index contributed by atoms with van der Waals surface area (Å²) in [6.45, 7) is 14.1. The number of carbonyl (C=O) groups excluding carboxylic acids is 4. The number of rotatable bonds is 72. The summed E-state index contributed by atoms with van der Waals surface area (Å²) >= 11 is 0. The van der Waals surface area contributed by atoms with Crippen LogP contribution >= 0.6 is 15.6 Å². The Balaban J connectivity index is 5.16. The highest BCUT2D eigenvalue weighted by Crippen LogP contribution is 2.45. The molecule has 0 aromatic heterocycles. The average Bonchev–Trinajstić information content (AvgIpc) is 1.61. The van der Waals surface area contributed by atoms with Crippen molar-refractivity contribution in [1.29, 1.82) is 0 Å². The van der Waals surface area contributed by atoms with E-state index in [1.54, 1.807) is 0 Å². The Kier molecular flexibility index (Phi) is 63.1. The third-order valence-corrected chi connectivity index (χ3v) is 19.6. The number of phosphoric acid groups is 2. The Bertz CT molecular complexity index is 1850. The van der Waals surface area contributed by atoms with Gasteiger partial charge in [-0.15, -0.1) is 0 Å². The number of phosphoric ester groups is 2. The number of hydrogen-bond acceptors (Lipinski definition) is 15. The molecule has 0 fully saturated rings. The first-order valence-corrected chi connectivity index (χ1v) is 41.7. The Morgan fingerprint density at radius 3 is 0.755 bits per heavy atom. The van der Waals surface area contributed by atoms with Crippen molar-refractivity contribution in [2.75, 3.05) is 39.6 Å². The lowest BCUT2D eigenvalue weighted by Crippen LogP contribution is -2.30. The van der Waals surface area contributed by atoms with Crippen molar-refractivity contribution in [3.8, 4) is 0 Å². The van der Waals surface area contributed by atoms with Crippen LogP contribution in [0.2, 0.25) is 0 Å². The van der Waals surface area contributed by atoms with Gasteiger partial charge in [0, 0.05) is 25.7 Å². The molecule has 0 amide bonds. The molecule has 0 heterocycles. The van der Waals surface area contributed by atoms with Crippen molar-refractivity contribution in [2.45, 2.75) is 395 Å². The number of ether oxygens (including phenoxy) is 4. The molecule has 3 N–H and O–H groups in total. The molecule has 0 spiro atoms. The maximum absolute atomic E-state index is 13.1. The molecule has 0 bridgehead atoms. The van der Waals surface area contributed by atoms with Crippen LogP contribution in [0.3, 0.4) is 0 Å². The Labute approximate surface area is 575 Å². The van der Waals surface area contributed by atoms with Crippen LogP contribution < -0.4 is 0 Å². The predicted molar refractivity (Wildman–Crippen MR) is 381 cm³/mol. The van der Waals surface area contributed by atoms with Crippen molar-refractivity contribution >= 4 is 39.5 Å². The fourth-order valence-corrected chi connectivity index (χ4v) is 12.9. The minimum Gasteiger partial charge on any atom is -0.462 e. The van der Waals surface area contributed by atoms with Crippen LogP contribution in [-0.4, -0.2) is 96.7 Å². The summed E-state index contributed by atoms with van der Waals surface area (Å²) in [5.41, 5.74) is 0. The Morgan fingerprint density at radius 2 is 0.511 bits per heavy atom. The van der Waals surface area contributed by atoms with Crippen LogP contribution in [0.1, 0.15) is 376 Å². The first-order chi connectivity index (χ1) is 45.1. The van der Waals surface area contributed by atoms with E-state index < -0.39 is 97.5 Å². The Hall–Kier alpha value is -1.94. The summed E-state index contributed by atoms with van der Waals surface area (Å²) in [5, 5.41) is 10.6. The number of unbranched alkanes of at least 4 members (excludes halogenated alkanes) is 37. The molecule has 6 atom stereocenters. The molecule has 0 radical (unpaired) electrons. The maximum atomic E-state index is 13.1. The number of carbonyl (C=O) groups is 4. The number of esters is 4. The van der Waals surface area contributed by atoms with E-state index in [0.717, 1.165) is 114 Å². The van der Waals surface area contributed by atoms with E-state index >= 15 is 0 Å². The maximum Gasteiger partial charge on any atom is 0.472 e. The predicted octanol–water partition coefficient (Wildman–Crippen LogP) is 21.7. The summed E-state index contributed by atoms with van der Waals surface area (Å²) in [5.74, 6) is 0.881. The fraction of sp³-hybridized carbons (Fsp3) is 0.947. The largest absolute Gasteiger partial charge is 0.472 e. The van der Waals surface area contributed by atoms with Gasteiger partial charge in [-0.2, -0.15) is 0 Å². The molecule has 17 nitrogen and oxygen atoms in total. The minimum absolute atomic E-state index is 0.104. The number of aliphatic hydroxyl groups is 1. The molecule has 0 aromatic carbocycles. The molecule has 0 aliphatic heterocycles. The van der Waals surface area contributed by atoms with E-state index in [-0.39, 0.29) is 25.7 Å². The molecule has 19 heteroatoms. The molecule has 0 saturated carbocycles. The molecular weight excluding hydrogens is 1230 g/mol. The zero-order chi connectivity index (χ0) is 69.6. The number of aliphatic hydroxyl groups excluding tert-OH is 1. The summed E-state index contributed by atoms with van der Waals surface area (Å²) in [7, 11) is -9.91. The van der Waals surface area contributed by atoms with Gasteiger partial charge >= 0.3 is 39.5 Å².